The summed E-state index contributed by atoms with van der Waals surface area (Å²) in [5.41, 5.74) is 2.03. The Morgan fingerprint density at radius 3 is 1.48 bits per heavy atom. The fourth-order valence-electron chi connectivity index (χ4n) is 3.36. The van der Waals surface area contributed by atoms with E-state index in [1.54, 1.807) is 0 Å². The normalized spacial score (nSPS) is 33.7. The van der Waals surface area contributed by atoms with Gasteiger partial charge in [0.25, 0.3) is 0 Å². The van der Waals surface area contributed by atoms with Gasteiger partial charge in [0, 0.05) is 0 Å². The summed E-state index contributed by atoms with van der Waals surface area (Å²) in [5.74, 6) is 0. The number of hydrogen-bond donors (Lipinski definition) is 2. The second-order valence-corrected chi connectivity index (χ2v) is 6.57. The average Bonchev–Trinajstić information content (AvgIpc) is 3.44. The largest absolute Gasteiger partial charge is 0.387 e. The van der Waals surface area contributed by atoms with Gasteiger partial charge in [-0.25, -0.2) is 0 Å². The summed E-state index contributed by atoms with van der Waals surface area (Å²) in [6.45, 7) is 0.745. The molecule has 1 aliphatic heterocycles. The lowest BCUT2D eigenvalue weighted by atomic mass is 9.89. The molecule has 6 atom stereocenters. The smallest absolute Gasteiger partial charge is 0.116 e. The van der Waals surface area contributed by atoms with Crippen molar-refractivity contribution in [2.75, 3.05) is 0 Å². The van der Waals surface area contributed by atoms with E-state index >= 15 is 0 Å². The van der Waals surface area contributed by atoms with Crippen molar-refractivity contribution in [1.82, 2.24) is 0 Å². The third-order valence-electron chi connectivity index (χ3n) is 4.80. The Bertz CT molecular complexity index is 618. The average molecular weight is 342 g/mol. The summed E-state index contributed by atoms with van der Waals surface area (Å²) in [6.07, 6.45) is -3.62. The maximum Gasteiger partial charge on any atom is 0.116 e. The quantitative estimate of drug-likeness (QED) is 0.781. The Labute approximate surface area is 146 Å². The third-order valence-corrected chi connectivity index (χ3v) is 4.80. The summed E-state index contributed by atoms with van der Waals surface area (Å²) in [6, 6.07) is 19.5. The molecule has 1 heterocycles. The van der Waals surface area contributed by atoms with Crippen LogP contribution in [0.5, 0.6) is 0 Å². The maximum atomic E-state index is 10.4. The molecule has 1 aliphatic carbocycles. The van der Waals surface area contributed by atoms with Crippen molar-refractivity contribution in [3.05, 3.63) is 71.8 Å². The number of epoxide rings is 1. The van der Waals surface area contributed by atoms with E-state index in [0.717, 1.165) is 11.1 Å². The van der Waals surface area contributed by atoms with Gasteiger partial charge < -0.3 is 24.4 Å². The number of aliphatic hydroxyl groups is 2. The molecule has 1 saturated carbocycles. The first kappa shape index (κ1) is 16.7. The van der Waals surface area contributed by atoms with Gasteiger partial charge in [-0.15, -0.1) is 0 Å². The van der Waals surface area contributed by atoms with Crippen LogP contribution in [0.2, 0.25) is 0 Å². The molecule has 0 bridgehead atoms. The minimum Gasteiger partial charge on any atom is -0.387 e. The highest BCUT2D eigenvalue weighted by atomic mass is 16.7. The molecule has 0 aromatic heterocycles. The zero-order valence-electron chi connectivity index (χ0n) is 13.8. The Balaban J connectivity index is 1.35. The molecule has 132 valence electrons. The minimum atomic E-state index is -1.03. The van der Waals surface area contributed by atoms with Crippen LogP contribution in [-0.4, -0.2) is 46.8 Å². The van der Waals surface area contributed by atoms with Crippen molar-refractivity contribution in [2.45, 2.75) is 49.8 Å². The van der Waals surface area contributed by atoms with Gasteiger partial charge in [-0.1, -0.05) is 60.7 Å². The molecule has 2 aromatic rings. The zero-order chi connectivity index (χ0) is 17.2. The minimum absolute atomic E-state index is 0.233. The highest BCUT2D eigenvalue weighted by molar-refractivity contribution is 5.16. The van der Waals surface area contributed by atoms with E-state index in [0.29, 0.717) is 13.2 Å². The lowest BCUT2D eigenvalue weighted by Gasteiger charge is -2.34. The summed E-state index contributed by atoms with van der Waals surface area (Å²) >= 11 is 0. The van der Waals surface area contributed by atoms with Crippen molar-refractivity contribution in [3.63, 3.8) is 0 Å². The highest BCUT2D eigenvalue weighted by Crippen LogP contribution is 2.41. The van der Waals surface area contributed by atoms with Crippen LogP contribution >= 0.6 is 0 Å². The fraction of sp³-hybridized carbons (Fsp3) is 0.400. The van der Waals surface area contributed by atoms with Gasteiger partial charge in [-0.3, -0.25) is 0 Å². The number of fused-ring (bicyclic) bond motifs is 1. The number of hydrogen-bond acceptors (Lipinski definition) is 5. The molecule has 5 heteroatoms. The Morgan fingerprint density at radius 1 is 0.680 bits per heavy atom. The molecule has 0 amide bonds. The molecule has 0 spiro atoms. The van der Waals surface area contributed by atoms with Crippen molar-refractivity contribution in [1.29, 1.82) is 0 Å². The lowest BCUT2D eigenvalue weighted by molar-refractivity contribution is -0.160. The van der Waals surface area contributed by atoms with Crippen LogP contribution in [0.15, 0.2) is 60.7 Å². The summed E-state index contributed by atoms with van der Waals surface area (Å²) in [4.78, 5) is 0. The van der Waals surface area contributed by atoms with Crippen LogP contribution in [0.25, 0.3) is 0 Å². The van der Waals surface area contributed by atoms with Crippen molar-refractivity contribution < 1.29 is 24.4 Å². The SMILES string of the molecule is O[C@H]1[C@H](O)[C@@H](OCc2ccccc2)[C@H]2O[C@H]2[C@@H]1OCc1ccccc1. The van der Waals surface area contributed by atoms with Gasteiger partial charge in [0.1, 0.15) is 36.6 Å². The molecule has 2 aliphatic rings. The van der Waals surface area contributed by atoms with Crippen LogP contribution in [0.4, 0.5) is 0 Å². The van der Waals surface area contributed by atoms with Crippen LogP contribution in [-0.2, 0) is 27.4 Å². The summed E-state index contributed by atoms with van der Waals surface area (Å²) < 4.78 is 17.3. The molecule has 0 radical (unpaired) electrons. The standard InChI is InChI=1S/C20H22O5/c21-15-16(22)18(24-12-14-9-5-2-6-10-14)20-19(25-20)17(15)23-11-13-7-3-1-4-8-13/h1-10,15-22H,11-12H2/t15-,16-,17+,18+,19-,20+/m0/s1. The zero-order valence-corrected chi connectivity index (χ0v) is 13.8. The molecule has 2 fully saturated rings. The predicted molar refractivity (Wildman–Crippen MR) is 90.7 cm³/mol. The van der Waals surface area contributed by atoms with Gasteiger partial charge in [0.15, 0.2) is 0 Å². The van der Waals surface area contributed by atoms with Gasteiger partial charge in [-0.05, 0) is 11.1 Å². The van der Waals surface area contributed by atoms with Crippen LogP contribution in [0.1, 0.15) is 11.1 Å². The van der Waals surface area contributed by atoms with Gasteiger partial charge >= 0.3 is 0 Å². The molecular formula is C20H22O5. The van der Waals surface area contributed by atoms with Gasteiger partial charge in [-0.2, -0.15) is 0 Å². The second kappa shape index (κ2) is 7.23. The van der Waals surface area contributed by atoms with Gasteiger partial charge in [0.2, 0.25) is 0 Å². The molecule has 0 unspecified atom stereocenters. The number of ether oxygens (including phenoxy) is 3. The first-order chi connectivity index (χ1) is 12.2. The van der Waals surface area contributed by atoms with Crippen molar-refractivity contribution in [2.24, 2.45) is 0 Å². The number of benzene rings is 2. The van der Waals surface area contributed by atoms with E-state index in [4.69, 9.17) is 14.2 Å². The molecule has 5 nitrogen and oxygen atoms in total. The summed E-state index contributed by atoms with van der Waals surface area (Å²) in [5, 5.41) is 20.9. The van der Waals surface area contributed by atoms with Crippen molar-refractivity contribution in [3.8, 4) is 0 Å². The van der Waals surface area contributed by atoms with E-state index in [2.05, 4.69) is 0 Å². The molecule has 2 N–H and O–H groups in total. The molecule has 2 aromatic carbocycles. The van der Waals surface area contributed by atoms with Crippen LogP contribution < -0.4 is 0 Å². The molecule has 25 heavy (non-hydrogen) atoms. The predicted octanol–water partition coefficient (Wildman–Crippen LogP) is 1.66. The van der Waals surface area contributed by atoms with E-state index in [1.165, 1.54) is 0 Å². The van der Waals surface area contributed by atoms with E-state index in [-0.39, 0.29) is 12.2 Å². The highest BCUT2D eigenvalue weighted by Gasteiger charge is 2.61. The summed E-state index contributed by atoms with van der Waals surface area (Å²) in [7, 11) is 0. The van der Waals surface area contributed by atoms with Gasteiger partial charge in [0.05, 0.1) is 13.2 Å². The van der Waals surface area contributed by atoms with E-state index in [1.807, 2.05) is 60.7 Å². The number of aliphatic hydroxyl groups excluding tert-OH is 2. The van der Waals surface area contributed by atoms with Crippen LogP contribution in [0, 0.1) is 0 Å². The molecular weight excluding hydrogens is 320 g/mol. The first-order valence-electron chi connectivity index (χ1n) is 8.57. The number of rotatable bonds is 6. The first-order valence-corrected chi connectivity index (χ1v) is 8.57. The topological polar surface area (TPSA) is 71.5 Å². The molecule has 1 saturated heterocycles. The van der Waals surface area contributed by atoms with Crippen molar-refractivity contribution >= 4 is 0 Å². The third kappa shape index (κ3) is 3.61. The fourth-order valence-corrected chi connectivity index (χ4v) is 3.36. The Hall–Kier alpha value is -1.76. The van der Waals surface area contributed by atoms with Crippen LogP contribution in [0.3, 0.4) is 0 Å². The molecule has 4 rings (SSSR count). The maximum absolute atomic E-state index is 10.4. The Morgan fingerprint density at radius 2 is 1.08 bits per heavy atom. The monoisotopic (exact) mass is 342 g/mol. The Kier molecular flexibility index (Phi) is 4.83. The second-order valence-electron chi connectivity index (χ2n) is 6.57. The van der Waals surface area contributed by atoms with E-state index in [9.17, 15) is 10.2 Å². The van der Waals surface area contributed by atoms with E-state index < -0.39 is 24.4 Å². The lowest BCUT2D eigenvalue weighted by Crippen LogP contribution is -2.55.